The van der Waals surface area contributed by atoms with Crippen molar-refractivity contribution in [2.45, 2.75) is 53.9 Å². The lowest BCUT2D eigenvalue weighted by Gasteiger charge is -2.51. The first-order chi connectivity index (χ1) is 17.0. The minimum atomic E-state index is -4.28. The van der Waals surface area contributed by atoms with Crippen LogP contribution in [0.3, 0.4) is 0 Å². The van der Waals surface area contributed by atoms with Gasteiger partial charge in [0.25, 0.3) is 0 Å². The highest BCUT2D eigenvalue weighted by Crippen LogP contribution is 2.58. The van der Waals surface area contributed by atoms with E-state index in [0.717, 1.165) is 12.1 Å². The average Bonchev–Trinajstić information content (AvgIpc) is 3.70. The molecule has 36 heavy (non-hydrogen) atoms. The van der Waals surface area contributed by atoms with Gasteiger partial charge < -0.3 is 4.74 Å². The first-order valence-electron chi connectivity index (χ1n) is 12.1. The standard InChI is InChI=1S/C25H28ClF2NO5S2/c1-2-29(36(32,33)19-9-10-19)14-16-4-3-13-25(35(30,31)18-7-5-17(26)6-8-18)20(16)15-34-24-22(28)12-11-21(27)23(24)25/h5-8,11-12,16,19-20H,2-4,9-10,13-15H2,1H3/t16-,20?,25?/m0/s1. The summed E-state index contributed by atoms with van der Waals surface area (Å²) in [5.74, 6) is -3.27. The molecule has 0 amide bonds. The monoisotopic (exact) mass is 559 g/mol. The van der Waals surface area contributed by atoms with Gasteiger partial charge in [0, 0.05) is 24.0 Å². The molecule has 2 aromatic rings. The average molecular weight is 560 g/mol. The number of sulfonamides is 1. The van der Waals surface area contributed by atoms with E-state index in [1.54, 1.807) is 6.92 Å². The molecule has 0 radical (unpaired) electrons. The molecular weight excluding hydrogens is 532 g/mol. The maximum Gasteiger partial charge on any atom is 0.216 e. The molecule has 11 heteroatoms. The van der Waals surface area contributed by atoms with Gasteiger partial charge >= 0.3 is 0 Å². The van der Waals surface area contributed by atoms with Gasteiger partial charge in [-0.25, -0.2) is 29.9 Å². The second-order valence-electron chi connectivity index (χ2n) is 9.84. The Morgan fingerprint density at radius 1 is 1.03 bits per heavy atom. The number of hydrogen-bond acceptors (Lipinski definition) is 5. The van der Waals surface area contributed by atoms with Crippen molar-refractivity contribution >= 4 is 31.5 Å². The summed E-state index contributed by atoms with van der Waals surface area (Å²) in [7, 11) is -7.79. The maximum absolute atomic E-state index is 15.5. The zero-order valence-corrected chi connectivity index (χ0v) is 22.2. The number of fused-ring (bicyclic) bond motifs is 3. The van der Waals surface area contributed by atoms with E-state index in [4.69, 9.17) is 16.3 Å². The predicted octanol–water partition coefficient (Wildman–Crippen LogP) is 4.91. The smallest absolute Gasteiger partial charge is 0.216 e. The zero-order chi connectivity index (χ0) is 25.9. The van der Waals surface area contributed by atoms with Crippen molar-refractivity contribution in [1.82, 2.24) is 4.31 Å². The van der Waals surface area contributed by atoms with E-state index >= 15 is 4.39 Å². The largest absolute Gasteiger partial charge is 0.490 e. The molecule has 2 unspecified atom stereocenters. The van der Waals surface area contributed by atoms with Crippen molar-refractivity contribution in [3.63, 3.8) is 0 Å². The van der Waals surface area contributed by atoms with Crippen molar-refractivity contribution in [1.29, 1.82) is 0 Å². The van der Waals surface area contributed by atoms with Gasteiger partial charge in [0.15, 0.2) is 21.4 Å². The van der Waals surface area contributed by atoms with Crippen molar-refractivity contribution < 1.29 is 30.4 Å². The molecule has 0 N–H and O–H groups in total. The number of rotatable bonds is 7. The van der Waals surface area contributed by atoms with Gasteiger partial charge in [-0.15, -0.1) is 0 Å². The summed E-state index contributed by atoms with van der Waals surface area (Å²) in [6, 6.07) is 7.49. The van der Waals surface area contributed by atoms with Crippen LogP contribution in [0.15, 0.2) is 41.3 Å². The van der Waals surface area contributed by atoms with Gasteiger partial charge in [-0.3, -0.25) is 0 Å². The molecule has 1 heterocycles. The lowest BCUT2D eigenvalue weighted by atomic mass is 9.67. The van der Waals surface area contributed by atoms with Gasteiger partial charge in [0.1, 0.15) is 10.6 Å². The van der Waals surface area contributed by atoms with Gasteiger partial charge in [-0.2, -0.15) is 0 Å². The van der Waals surface area contributed by atoms with Crippen LogP contribution >= 0.6 is 11.6 Å². The number of halogens is 3. The first kappa shape index (κ1) is 25.9. The van der Waals surface area contributed by atoms with E-state index in [0.29, 0.717) is 30.7 Å². The van der Waals surface area contributed by atoms with E-state index in [1.807, 2.05) is 0 Å². The van der Waals surface area contributed by atoms with Gasteiger partial charge in [0.2, 0.25) is 10.0 Å². The molecule has 3 aliphatic rings. The fourth-order valence-corrected chi connectivity index (χ4v) is 10.5. The Labute approximate surface area is 215 Å². The van der Waals surface area contributed by atoms with Crippen LogP contribution in [0.5, 0.6) is 5.75 Å². The summed E-state index contributed by atoms with van der Waals surface area (Å²) in [4.78, 5) is -0.0491. The van der Waals surface area contributed by atoms with Crippen molar-refractivity contribution in [2.75, 3.05) is 19.7 Å². The third kappa shape index (κ3) is 3.95. The quantitative estimate of drug-likeness (QED) is 0.481. The number of benzene rings is 2. The molecule has 2 fully saturated rings. The number of hydrogen-bond donors (Lipinski definition) is 0. The minimum absolute atomic E-state index is 0.0491. The minimum Gasteiger partial charge on any atom is -0.490 e. The Morgan fingerprint density at radius 3 is 2.33 bits per heavy atom. The van der Waals surface area contributed by atoms with E-state index in [-0.39, 0.29) is 42.3 Å². The molecule has 0 bridgehead atoms. The summed E-state index contributed by atoms with van der Waals surface area (Å²) >= 11 is 5.99. The van der Waals surface area contributed by atoms with Crippen LogP contribution in [-0.4, -0.2) is 46.1 Å². The second-order valence-corrected chi connectivity index (χ2v) is 14.7. The lowest BCUT2D eigenvalue weighted by Crippen LogP contribution is -2.56. The molecule has 5 rings (SSSR count). The number of nitrogens with zero attached hydrogens (tertiary/aromatic N) is 1. The van der Waals surface area contributed by atoms with Crippen LogP contribution in [-0.2, 0) is 24.6 Å². The Balaban J connectivity index is 1.67. The Bertz CT molecular complexity index is 1380. The van der Waals surface area contributed by atoms with Crippen molar-refractivity contribution in [3.8, 4) is 5.75 Å². The molecule has 3 atom stereocenters. The topological polar surface area (TPSA) is 80.8 Å². The highest BCUT2D eigenvalue weighted by atomic mass is 35.5. The van der Waals surface area contributed by atoms with Crippen LogP contribution in [0, 0.1) is 23.5 Å². The molecule has 196 valence electrons. The number of ether oxygens (including phenoxy) is 1. The first-order valence-corrected chi connectivity index (χ1v) is 15.5. The molecule has 6 nitrogen and oxygen atoms in total. The summed E-state index contributed by atoms with van der Waals surface area (Å²) in [6.07, 6.45) is 2.25. The number of sulfone groups is 1. The Hall–Kier alpha value is -1.75. The lowest BCUT2D eigenvalue weighted by molar-refractivity contribution is 0.0659. The molecule has 1 aliphatic heterocycles. The van der Waals surface area contributed by atoms with E-state index in [2.05, 4.69) is 0 Å². The second kappa shape index (κ2) is 9.22. The molecular formula is C25H28ClF2NO5S2. The Kier molecular flexibility index (Phi) is 6.63. The maximum atomic E-state index is 15.5. The molecule has 0 spiro atoms. The van der Waals surface area contributed by atoms with Crippen LogP contribution in [0.1, 0.15) is 44.6 Å². The van der Waals surface area contributed by atoms with Crippen LogP contribution < -0.4 is 4.74 Å². The van der Waals surface area contributed by atoms with E-state index in [1.165, 1.54) is 28.6 Å². The van der Waals surface area contributed by atoms with Crippen molar-refractivity contribution in [3.05, 3.63) is 58.6 Å². The normalized spacial score (nSPS) is 26.2. The molecule has 2 aromatic carbocycles. The molecule has 2 saturated carbocycles. The van der Waals surface area contributed by atoms with Gasteiger partial charge in [0.05, 0.1) is 22.3 Å². The fraction of sp³-hybridized carbons (Fsp3) is 0.520. The zero-order valence-electron chi connectivity index (χ0n) is 19.8. The fourth-order valence-electron chi connectivity index (χ4n) is 5.98. The van der Waals surface area contributed by atoms with Crippen molar-refractivity contribution in [2.24, 2.45) is 11.8 Å². The summed E-state index contributed by atoms with van der Waals surface area (Å²) in [6.45, 7) is 1.95. The highest BCUT2D eigenvalue weighted by molar-refractivity contribution is 7.92. The summed E-state index contributed by atoms with van der Waals surface area (Å²) in [5, 5.41) is -0.0588. The SMILES string of the molecule is CCN(C[C@@H]1CCCC2(S(=O)(=O)c3ccc(Cl)cc3)c3c(F)ccc(F)c3OCC12)S(=O)(=O)C1CC1. The summed E-state index contributed by atoms with van der Waals surface area (Å²) < 4.78 is 90.5. The summed E-state index contributed by atoms with van der Waals surface area (Å²) in [5.41, 5.74) is -0.300. The molecule has 0 saturated heterocycles. The predicted molar refractivity (Wildman–Crippen MR) is 132 cm³/mol. The van der Waals surface area contributed by atoms with Crippen LogP contribution in [0.25, 0.3) is 0 Å². The Morgan fingerprint density at radius 2 is 1.69 bits per heavy atom. The van der Waals surface area contributed by atoms with Crippen LogP contribution in [0.4, 0.5) is 8.78 Å². The van der Waals surface area contributed by atoms with Gasteiger partial charge in [-0.05, 0) is 68.0 Å². The third-order valence-electron chi connectivity index (χ3n) is 7.88. The van der Waals surface area contributed by atoms with E-state index < -0.39 is 53.3 Å². The molecule has 0 aromatic heterocycles. The van der Waals surface area contributed by atoms with Gasteiger partial charge in [-0.1, -0.05) is 24.9 Å². The van der Waals surface area contributed by atoms with Crippen LogP contribution in [0.2, 0.25) is 5.02 Å². The van der Waals surface area contributed by atoms with E-state index in [9.17, 15) is 21.2 Å². The molecule has 2 aliphatic carbocycles. The third-order valence-corrected chi connectivity index (χ3v) is 13.1. The highest BCUT2D eigenvalue weighted by Gasteiger charge is 2.61.